The fraction of sp³-hybridized carbons (Fsp3) is 0.364. The lowest BCUT2D eigenvalue weighted by Gasteiger charge is -2.37. The monoisotopic (exact) mass is 369 g/mol. The van der Waals surface area contributed by atoms with Crippen LogP contribution >= 0.6 is 0 Å². The SMILES string of the molecule is C=CCN1CCc2cc(OC)c(O)cc2C1Cc1ccc(OC)c(OC)c1. The van der Waals surface area contributed by atoms with Crippen LogP contribution in [0.25, 0.3) is 0 Å². The van der Waals surface area contributed by atoms with Gasteiger partial charge in [0.2, 0.25) is 0 Å². The largest absolute Gasteiger partial charge is 0.504 e. The summed E-state index contributed by atoms with van der Waals surface area (Å²) in [6, 6.07) is 9.95. The van der Waals surface area contributed by atoms with Crippen LogP contribution in [0.4, 0.5) is 0 Å². The van der Waals surface area contributed by atoms with Crippen LogP contribution < -0.4 is 14.2 Å². The van der Waals surface area contributed by atoms with Crippen LogP contribution in [0.2, 0.25) is 0 Å². The smallest absolute Gasteiger partial charge is 0.160 e. The molecule has 144 valence electrons. The molecule has 1 N–H and O–H groups in total. The van der Waals surface area contributed by atoms with E-state index in [0.29, 0.717) is 5.75 Å². The molecule has 1 aliphatic heterocycles. The van der Waals surface area contributed by atoms with Crippen LogP contribution in [-0.4, -0.2) is 44.4 Å². The minimum Gasteiger partial charge on any atom is -0.504 e. The number of nitrogens with zero attached hydrogens (tertiary/aromatic N) is 1. The van der Waals surface area contributed by atoms with Crippen molar-refractivity contribution in [2.75, 3.05) is 34.4 Å². The second-order valence-electron chi connectivity index (χ2n) is 6.67. The highest BCUT2D eigenvalue weighted by Crippen LogP contribution is 2.39. The quantitative estimate of drug-likeness (QED) is 0.754. The third-order valence-corrected chi connectivity index (χ3v) is 5.15. The fourth-order valence-corrected chi connectivity index (χ4v) is 3.79. The highest BCUT2D eigenvalue weighted by molar-refractivity contribution is 5.49. The van der Waals surface area contributed by atoms with Gasteiger partial charge in [-0.3, -0.25) is 4.90 Å². The number of phenolic OH excluding ortho intramolecular Hbond substituents is 1. The molecule has 0 fully saturated rings. The van der Waals surface area contributed by atoms with E-state index in [1.165, 1.54) is 5.56 Å². The van der Waals surface area contributed by atoms with Crippen molar-refractivity contribution in [2.45, 2.75) is 18.9 Å². The van der Waals surface area contributed by atoms with Crippen LogP contribution in [0.3, 0.4) is 0 Å². The van der Waals surface area contributed by atoms with E-state index >= 15 is 0 Å². The van der Waals surface area contributed by atoms with Crippen LogP contribution in [0, 0.1) is 0 Å². The van der Waals surface area contributed by atoms with Gasteiger partial charge >= 0.3 is 0 Å². The molecule has 0 spiro atoms. The lowest BCUT2D eigenvalue weighted by Crippen LogP contribution is -2.36. The molecule has 5 heteroatoms. The van der Waals surface area contributed by atoms with Crippen molar-refractivity contribution in [1.82, 2.24) is 4.90 Å². The maximum Gasteiger partial charge on any atom is 0.160 e. The zero-order chi connectivity index (χ0) is 19.4. The molecule has 1 aliphatic rings. The van der Waals surface area contributed by atoms with Gasteiger partial charge in [-0.2, -0.15) is 0 Å². The highest BCUT2D eigenvalue weighted by atomic mass is 16.5. The topological polar surface area (TPSA) is 51.2 Å². The number of hydrogen-bond donors (Lipinski definition) is 1. The van der Waals surface area contributed by atoms with E-state index in [4.69, 9.17) is 14.2 Å². The summed E-state index contributed by atoms with van der Waals surface area (Å²) in [5.74, 6) is 2.14. The Bertz CT molecular complexity index is 818. The minimum atomic E-state index is 0.140. The number of methoxy groups -OCH3 is 3. The first-order chi connectivity index (χ1) is 13.1. The van der Waals surface area contributed by atoms with Crippen molar-refractivity contribution in [3.05, 3.63) is 59.7 Å². The summed E-state index contributed by atoms with van der Waals surface area (Å²) in [7, 11) is 4.86. The number of aromatic hydroxyl groups is 1. The lowest BCUT2D eigenvalue weighted by atomic mass is 9.88. The molecule has 0 aliphatic carbocycles. The first-order valence-corrected chi connectivity index (χ1v) is 9.06. The number of ether oxygens (including phenoxy) is 3. The fourth-order valence-electron chi connectivity index (χ4n) is 3.79. The molecule has 0 aromatic heterocycles. The van der Waals surface area contributed by atoms with Crippen LogP contribution in [0.1, 0.15) is 22.7 Å². The van der Waals surface area contributed by atoms with E-state index in [1.54, 1.807) is 21.3 Å². The van der Waals surface area contributed by atoms with Gasteiger partial charge in [-0.05, 0) is 53.8 Å². The first-order valence-electron chi connectivity index (χ1n) is 9.06. The summed E-state index contributed by atoms with van der Waals surface area (Å²) >= 11 is 0. The van der Waals surface area contributed by atoms with Gasteiger partial charge in [0.05, 0.1) is 21.3 Å². The highest BCUT2D eigenvalue weighted by Gasteiger charge is 2.28. The lowest BCUT2D eigenvalue weighted by molar-refractivity contribution is 0.203. The first kappa shape index (κ1) is 19.1. The Hall–Kier alpha value is -2.66. The molecule has 0 saturated carbocycles. The average molecular weight is 369 g/mol. The zero-order valence-corrected chi connectivity index (χ0v) is 16.2. The normalized spacial score (nSPS) is 16.5. The predicted octanol–water partition coefficient (Wildman–Crippen LogP) is 3.75. The molecule has 5 nitrogen and oxygen atoms in total. The predicted molar refractivity (Wildman–Crippen MR) is 106 cm³/mol. The van der Waals surface area contributed by atoms with Gasteiger partial charge < -0.3 is 19.3 Å². The maximum atomic E-state index is 10.3. The molecule has 0 amide bonds. The molecule has 2 aromatic carbocycles. The van der Waals surface area contributed by atoms with E-state index in [9.17, 15) is 5.11 Å². The summed E-state index contributed by atoms with van der Waals surface area (Å²) < 4.78 is 16.1. The molecule has 1 atom stereocenters. The number of rotatable bonds is 7. The molecular weight excluding hydrogens is 342 g/mol. The molecule has 0 bridgehead atoms. The van der Waals surface area contributed by atoms with Gasteiger partial charge in [0.1, 0.15) is 0 Å². The Labute approximate surface area is 160 Å². The van der Waals surface area contributed by atoms with Crippen LogP contribution in [0.15, 0.2) is 43.0 Å². The van der Waals surface area contributed by atoms with Crippen LogP contribution in [-0.2, 0) is 12.8 Å². The third kappa shape index (κ3) is 3.88. The molecule has 0 saturated heterocycles. The molecule has 0 radical (unpaired) electrons. The second-order valence-corrected chi connectivity index (χ2v) is 6.67. The second kappa shape index (κ2) is 8.35. The number of benzene rings is 2. The maximum absolute atomic E-state index is 10.3. The van der Waals surface area contributed by atoms with Crippen molar-refractivity contribution in [3.63, 3.8) is 0 Å². The van der Waals surface area contributed by atoms with Crippen LogP contribution in [0.5, 0.6) is 23.0 Å². The minimum absolute atomic E-state index is 0.140. The average Bonchev–Trinajstić information content (AvgIpc) is 2.69. The van der Waals surface area contributed by atoms with Gasteiger partial charge in [-0.15, -0.1) is 6.58 Å². The molecule has 1 heterocycles. The Morgan fingerprint density at radius 3 is 2.48 bits per heavy atom. The number of hydrogen-bond acceptors (Lipinski definition) is 5. The Kier molecular flexibility index (Phi) is 5.91. The van der Waals surface area contributed by atoms with E-state index in [0.717, 1.165) is 48.6 Å². The Morgan fingerprint density at radius 2 is 1.81 bits per heavy atom. The van der Waals surface area contributed by atoms with E-state index in [2.05, 4.69) is 17.5 Å². The third-order valence-electron chi connectivity index (χ3n) is 5.15. The summed E-state index contributed by atoms with van der Waals surface area (Å²) in [6.45, 7) is 5.63. The number of phenols is 1. The standard InChI is InChI=1S/C22H27NO4/c1-5-9-23-10-8-16-13-21(26-3)19(24)14-17(16)18(23)11-15-6-7-20(25-2)22(12-15)27-4/h5-7,12-14,18,24H,1,8-11H2,2-4H3. The summed E-state index contributed by atoms with van der Waals surface area (Å²) in [4.78, 5) is 2.39. The summed E-state index contributed by atoms with van der Waals surface area (Å²) in [5.41, 5.74) is 3.50. The number of fused-ring (bicyclic) bond motifs is 1. The molecule has 2 aromatic rings. The Balaban J connectivity index is 1.98. The molecular formula is C22H27NO4. The van der Waals surface area contributed by atoms with Gasteiger partial charge in [0.15, 0.2) is 23.0 Å². The van der Waals surface area contributed by atoms with Crippen molar-refractivity contribution >= 4 is 0 Å². The Morgan fingerprint density at radius 1 is 1.07 bits per heavy atom. The van der Waals surface area contributed by atoms with Gasteiger partial charge in [0, 0.05) is 19.1 Å². The molecule has 3 rings (SSSR count). The molecule has 1 unspecified atom stereocenters. The van der Waals surface area contributed by atoms with Crippen molar-refractivity contribution in [1.29, 1.82) is 0 Å². The van der Waals surface area contributed by atoms with Crippen molar-refractivity contribution < 1.29 is 19.3 Å². The van der Waals surface area contributed by atoms with E-state index in [-0.39, 0.29) is 11.8 Å². The van der Waals surface area contributed by atoms with E-state index < -0.39 is 0 Å². The van der Waals surface area contributed by atoms with Gasteiger partial charge in [-0.1, -0.05) is 12.1 Å². The zero-order valence-electron chi connectivity index (χ0n) is 16.2. The molecule has 27 heavy (non-hydrogen) atoms. The summed E-state index contributed by atoms with van der Waals surface area (Å²) in [6.07, 6.45) is 3.64. The van der Waals surface area contributed by atoms with E-state index in [1.807, 2.05) is 30.3 Å². The summed E-state index contributed by atoms with van der Waals surface area (Å²) in [5, 5.41) is 10.3. The van der Waals surface area contributed by atoms with Gasteiger partial charge in [-0.25, -0.2) is 0 Å². The van der Waals surface area contributed by atoms with Crippen molar-refractivity contribution in [2.24, 2.45) is 0 Å². The van der Waals surface area contributed by atoms with Gasteiger partial charge in [0.25, 0.3) is 0 Å². The van der Waals surface area contributed by atoms with Crippen molar-refractivity contribution in [3.8, 4) is 23.0 Å².